The van der Waals surface area contributed by atoms with Crippen molar-refractivity contribution < 1.29 is 4.79 Å². The van der Waals surface area contributed by atoms with Crippen LogP contribution in [0.25, 0.3) is 10.9 Å². The monoisotopic (exact) mass is 429 g/mol. The third kappa shape index (κ3) is 1.97. The number of nitrogens with one attached hydrogen (secondary N) is 2. The highest BCUT2D eigenvalue weighted by Gasteiger charge is 2.48. The second-order valence-corrected chi connectivity index (χ2v) is 7.23. The van der Waals surface area contributed by atoms with Crippen LogP contribution in [0.2, 0.25) is 0 Å². The van der Waals surface area contributed by atoms with Crippen molar-refractivity contribution in [2.24, 2.45) is 0 Å². The molecule has 0 spiro atoms. The van der Waals surface area contributed by atoms with Crippen molar-refractivity contribution >= 4 is 54.2 Å². The largest absolute Gasteiger partial charge is 0.361 e. The zero-order valence-corrected chi connectivity index (χ0v) is 14.8. The first-order valence-corrected chi connectivity index (χ1v) is 8.45. The van der Waals surface area contributed by atoms with E-state index in [9.17, 15) is 10.1 Å². The van der Waals surface area contributed by atoms with Crippen LogP contribution in [0.15, 0.2) is 51.5 Å². The Morgan fingerprint density at radius 1 is 1.09 bits per heavy atom. The molecule has 0 amide bonds. The smallest absolute Gasteiger partial charge is 0.216 e. The van der Waals surface area contributed by atoms with E-state index >= 15 is 0 Å². The number of carbonyl (C=O) groups is 1. The van der Waals surface area contributed by atoms with Crippen molar-refractivity contribution in [2.75, 3.05) is 5.32 Å². The maximum absolute atomic E-state index is 13.0. The fraction of sp³-hybridized carbons (Fsp3) is 0.0588. The Kier molecular flexibility index (Phi) is 3.12. The number of hydrogen-bond donors (Lipinski definition) is 2. The average molecular weight is 431 g/mol. The standard InChI is InChI=1S/C17H9Br2N3O/c18-9-1-3-14-11(5-9)13(7-21-14)17(8-20)16(23)12-6-10(19)2-4-15(12)22-17/h1-7,21-22H. The number of Topliss-reactive ketones (excluding diaryl/α,β-unsaturated/α-hetero) is 1. The molecular formula is C17H9Br2N3O. The van der Waals surface area contributed by atoms with Gasteiger partial charge in [-0.15, -0.1) is 0 Å². The van der Waals surface area contributed by atoms with Crippen molar-refractivity contribution in [3.8, 4) is 6.07 Å². The number of nitriles is 1. The first-order valence-electron chi connectivity index (χ1n) is 6.86. The van der Waals surface area contributed by atoms with E-state index in [0.717, 1.165) is 19.8 Å². The number of halogens is 2. The third-order valence-corrected chi connectivity index (χ3v) is 5.09. The van der Waals surface area contributed by atoms with Crippen LogP contribution in [-0.2, 0) is 5.54 Å². The topological polar surface area (TPSA) is 68.7 Å². The fourth-order valence-corrected chi connectivity index (χ4v) is 3.73. The van der Waals surface area contributed by atoms with E-state index in [1.165, 1.54) is 0 Å². The number of carbonyl (C=O) groups excluding carboxylic acids is 1. The second kappa shape index (κ2) is 4.95. The minimum absolute atomic E-state index is 0.239. The predicted octanol–water partition coefficient (Wildman–Crippen LogP) is 4.72. The van der Waals surface area contributed by atoms with Gasteiger partial charge in [0.1, 0.15) is 6.07 Å². The Bertz CT molecular complexity index is 1020. The van der Waals surface area contributed by atoms with Crippen molar-refractivity contribution in [1.29, 1.82) is 5.26 Å². The van der Waals surface area contributed by atoms with E-state index < -0.39 is 5.54 Å². The van der Waals surface area contributed by atoms with Gasteiger partial charge in [0.05, 0.1) is 0 Å². The van der Waals surface area contributed by atoms with Gasteiger partial charge >= 0.3 is 0 Å². The van der Waals surface area contributed by atoms with Crippen molar-refractivity contribution in [3.05, 3.63) is 62.7 Å². The molecule has 0 fully saturated rings. The number of aromatic amines is 1. The SMILES string of the molecule is N#CC1(c2c[nH]c3ccc(Br)cc23)Nc2ccc(Br)cc2C1=O. The molecular weight excluding hydrogens is 422 g/mol. The normalized spacial score (nSPS) is 19.4. The Morgan fingerprint density at radius 3 is 2.61 bits per heavy atom. The van der Waals surface area contributed by atoms with E-state index in [0.29, 0.717) is 16.8 Å². The highest BCUT2D eigenvalue weighted by atomic mass is 79.9. The van der Waals surface area contributed by atoms with E-state index in [2.05, 4.69) is 48.2 Å². The van der Waals surface area contributed by atoms with E-state index in [4.69, 9.17) is 0 Å². The molecule has 2 heterocycles. The quantitative estimate of drug-likeness (QED) is 0.586. The number of anilines is 1. The van der Waals surface area contributed by atoms with Crippen LogP contribution in [0, 0.1) is 11.3 Å². The molecule has 1 atom stereocenters. The van der Waals surface area contributed by atoms with Crippen LogP contribution in [0.3, 0.4) is 0 Å². The molecule has 1 aliphatic rings. The molecule has 0 bridgehead atoms. The van der Waals surface area contributed by atoms with Gasteiger partial charge in [0.2, 0.25) is 11.3 Å². The molecule has 4 rings (SSSR count). The highest BCUT2D eigenvalue weighted by Crippen LogP contribution is 2.42. The summed E-state index contributed by atoms with van der Waals surface area (Å²) in [5, 5.41) is 13.8. The summed E-state index contributed by atoms with van der Waals surface area (Å²) in [6, 6.07) is 13.3. The lowest BCUT2D eigenvalue weighted by atomic mass is 9.87. The molecule has 0 radical (unpaired) electrons. The Balaban J connectivity index is 1.97. The van der Waals surface area contributed by atoms with Crippen molar-refractivity contribution in [2.45, 2.75) is 5.54 Å². The van der Waals surface area contributed by atoms with Crippen molar-refractivity contribution in [1.82, 2.24) is 4.98 Å². The fourth-order valence-electron chi connectivity index (χ4n) is 3.01. The van der Waals surface area contributed by atoms with Gasteiger partial charge in [-0.2, -0.15) is 5.26 Å². The summed E-state index contributed by atoms with van der Waals surface area (Å²) < 4.78 is 1.70. The number of H-pyrrole nitrogens is 1. The molecule has 1 aliphatic heterocycles. The molecule has 6 heteroatoms. The van der Waals surface area contributed by atoms with Gasteiger partial charge in [-0.25, -0.2) is 0 Å². The lowest BCUT2D eigenvalue weighted by molar-refractivity contribution is 0.0949. The van der Waals surface area contributed by atoms with Gasteiger partial charge in [0.25, 0.3) is 0 Å². The summed E-state index contributed by atoms with van der Waals surface area (Å²) in [5.74, 6) is -0.239. The average Bonchev–Trinajstić information content (AvgIpc) is 3.07. The molecule has 0 saturated carbocycles. The predicted molar refractivity (Wildman–Crippen MR) is 95.4 cm³/mol. The van der Waals surface area contributed by atoms with Crippen LogP contribution in [-0.4, -0.2) is 10.8 Å². The Labute approximate surface area is 148 Å². The molecule has 0 aliphatic carbocycles. The number of ketones is 1. The number of nitrogens with zero attached hydrogens (tertiary/aromatic N) is 1. The first-order chi connectivity index (χ1) is 11.0. The zero-order valence-electron chi connectivity index (χ0n) is 11.7. The summed E-state index contributed by atoms with van der Waals surface area (Å²) in [4.78, 5) is 16.1. The maximum Gasteiger partial charge on any atom is 0.216 e. The molecule has 23 heavy (non-hydrogen) atoms. The number of fused-ring (bicyclic) bond motifs is 2. The molecule has 2 aromatic carbocycles. The third-order valence-electron chi connectivity index (χ3n) is 4.10. The van der Waals surface area contributed by atoms with Crippen LogP contribution in [0.5, 0.6) is 0 Å². The molecule has 1 aromatic heterocycles. The van der Waals surface area contributed by atoms with E-state index in [1.54, 1.807) is 18.3 Å². The maximum atomic E-state index is 13.0. The van der Waals surface area contributed by atoms with Gasteiger partial charge in [-0.05, 0) is 36.4 Å². The van der Waals surface area contributed by atoms with E-state index in [-0.39, 0.29) is 5.78 Å². The zero-order chi connectivity index (χ0) is 16.2. The van der Waals surface area contributed by atoms with Gasteiger partial charge in [-0.3, -0.25) is 4.79 Å². The summed E-state index contributed by atoms with van der Waals surface area (Å²) in [6.45, 7) is 0. The minimum Gasteiger partial charge on any atom is -0.361 e. The van der Waals surface area contributed by atoms with Gasteiger partial charge in [0.15, 0.2) is 0 Å². The summed E-state index contributed by atoms with van der Waals surface area (Å²) >= 11 is 6.82. The molecule has 3 aromatic rings. The highest BCUT2D eigenvalue weighted by molar-refractivity contribution is 9.10. The van der Waals surface area contributed by atoms with Crippen LogP contribution >= 0.6 is 31.9 Å². The lowest BCUT2D eigenvalue weighted by Crippen LogP contribution is -2.36. The molecule has 2 N–H and O–H groups in total. The lowest BCUT2D eigenvalue weighted by Gasteiger charge is -2.19. The Morgan fingerprint density at radius 2 is 1.83 bits per heavy atom. The van der Waals surface area contributed by atoms with Gasteiger partial charge < -0.3 is 10.3 Å². The number of benzene rings is 2. The minimum atomic E-state index is -1.41. The van der Waals surface area contributed by atoms with E-state index in [1.807, 2.05) is 24.3 Å². The number of hydrogen-bond acceptors (Lipinski definition) is 3. The van der Waals surface area contributed by atoms with Crippen LogP contribution in [0.1, 0.15) is 15.9 Å². The molecule has 4 nitrogen and oxygen atoms in total. The summed E-state index contributed by atoms with van der Waals surface area (Å²) in [5.41, 5.74) is 1.29. The second-order valence-electron chi connectivity index (χ2n) is 5.40. The molecule has 0 saturated heterocycles. The number of aromatic nitrogens is 1. The van der Waals surface area contributed by atoms with Crippen LogP contribution < -0.4 is 5.32 Å². The Hall–Kier alpha value is -2.10. The molecule has 1 unspecified atom stereocenters. The van der Waals surface area contributed by atoms with Crippen molar-refractivity contribution in [3.63, 3.8) is 0 Å². The van der Waals surface area contributed by atoms with Crippen LogP contribution in [0.4, 0.5) is 5.69 Å². The molecule has 112 valence electrons. The summed E-state index contributed by atoms with van der Waals surface area (Å²) in [6.07, 6.45) is 1.73. The number of rotatable bonds is 1. The van der Waals surface area contributed by atoms with Gasteiger partial charge in [-0.1, -0.05) is 31.9 Å². The van der Waals surface area contributed by atoms with Gasteiger partial charge in [0, 0.05) is 42.9 Å². The first kappa shape index (κ1) is 14.5. The summed E-state index contributed by atoms with van der Waals surface area (Å²) in [7, 11) is 0.